The summed E-state index contributed by atoms with van der Waals surface area (Å²) in [4.78, 5) is 23.8. The molecule has 226 valence electrons. The van der Waals surface area contributed by atoms with Crippen LogP contribution in [0.3, 0.4) is 0 Å². The largest absolute Gasteiger partial charge is 0.519 e. The van der Waals surface area contributed by atoms with E-state index in [4.69, 9.17) is 18.3 Å². The van der Waals surface area contributed by atoms with Gasteiger partial charge >= 0.3 is 12.3 Å². The Hall–Kier alpha value is -3.41. The number of carbonyl (C=O) groups excluding carboxylic acids is 2. The molecule has 42 heavy (non-hydrogen) atoms. The fourth-order valence-electron chi connectivity index (χ4n) is 4.90. The summed E-state index contributed by atoms with van der Waals surface area (Å²) < 4.78 is 27.3. The van der Waals surface area contributed by atoms with Crippen LogP contribution < -0.4 is 14.2 Å². The summed E-state index contributed by atoms with van der Waals surface area (Å²) in [6.45, 7) is 11.5. The molecule has 3 aromatic carbocycles. The lowest BCUT2D eigenvalue weighted by molar-refractivity contribution is 0.121. The molecule has 0 amide bonds. The number of hydrogen-bond donors (Lipinski definition) is 0. The monoisotopic (exact) mass is 608 g/mol. The lowest BCUT2D eigenvalue weighted by Gasteiger charge is -2.34. The molecule has 0 aliphatic heterocycles. The van der Waals surface area contributed by atoms with Crippen molar-refractivity contribution in [1.29, 1.82) is 0 Å². The van der Waals surface area contributed by atoms with E-state index in [2.05, 4.69) is 37.8 Å². The van der Waals surface area contributed by atoms with Gasteiger partial charge in [0.2, 0.25) is 0 Å². The van der Waals surface area contributed by atoms with Gasteiger partial charge in [0.25, 0.3) is 0 Å². The van der Waals surface area contributed by atoms with Gasteiger partial charge in [-0.05, 0) is 105 Å². The lowest BCUT2D eigenvalue weighted by atomic mass is 10.0. The Kier molecular flexibility index (Phi) is 12.4. The van der Waals surface area contributed by atoms with Crippen LogP contribution in [0.1, 0.15) is 42.9 Å². The van der Waals surface area contributed by atoms with E-state index in [9.17, 15) is 9.59 Å². The molecule has 0 bridgehead atoms. The van der Waals surface area contributed by atoms with Crippen LogP contribution in [-0.4, -0.2) is 36.1 Å². The quantitative estimate of drug-likeness (QED) is 0.103. The summed E-state index contributed by atoms with van der Waals surface area (Å²) in [5.41, 5.74) is 3.06. The first-order valence-corrected chi connectivity index (χ1v) is 20.8. The fraction of sp³-hybridized carbons (Fsp3) is 0.394. The molecule has 0 atom stereocenters. The molecule has 0 saturated heterocycles. The van der Waals surface area contributed by atoms with Crippen molar-refractivity contribution in [3.8, 4) is 17.2 Å². The van der Waals surface area contributed by atoms with Gasteiger partial charge in [0.1, 0.15) is 17.2 Å². The van der Waals surface area contributed by atoms with Gasteiger partial charge in [-0.15, -0.1) is 0 Å². The molecule has 0 heterocycles. The first-order chi connectivity index (χ1) is 20.0. The predicted molar refractivity (Wildman–Crippen MR) is 171 cm³/mol. The van der Waals surface area contributed by atoms with Crippen LogP contribution in [0.5, 0.6) is 17.2 Å². The third-order valence-corrected chi connectivity index (χ3v) is 14.4. The number of unbranched alkanes of at least 4 members (excludes halogenated alkanes) is 1. The standard InChI is InChI=1S/C33H44O7Si2/c1-7-8-23-41(3,4)40-42(5,6)24-11-13-28-12-9-10-14-31(28)39-33(35)38-30-21-17-27(18-22-30)25-26-15-19-29(20-16-26)37-32(34)36-2/h9-10,12,14-22H,7-8,11,13,23-25H2,1-6H3. The number of hydrogen-bond acceptors (Lipinski definition) is 7. The predicted octanol–water partition coefficient (Wildman–Crippen LogP) is 9.16. The maximum absolute atomic E-state index is 12.6. The van der Waals surface area contributed by atoms with Crippen LogP contribution >= 0.6 is 0 Å². The van der Waals surface area contributed by atoms with E-state index >= 15 is 0 Å². The molecule has 0 aliphatic rings. The minimum Gasteiger partial charge on any atom is -0.455 e. The molecule has 3 rings (SSSR count). The molecular weight excluding hydrogens is 565 g/mol. The SMILES string of the molecule is CCCC[Si](C)(C)O[Si](C)(C)CCCc1ccccc1OC(=O)Oc1ccc(Cc2ccc(OC(=O)OC)cc2)cc1. The molecule has 0 aliphatic carbocycles. The second kappa shape index (κ2) is 15.7. The van der Waals surface area contributed by atoms with E-state index in [1.54, 1.807) is 30.3 Å². The first-order valence-electron chi connectivity index (χ1n) is 14.6. The summed E-state index contributed by atoms with van der Waals surface area (Å²) >= 11 is 0. The second-order valence-electron chi connectivity index (χ2n) is 11.7. The van der Waals surface area contributed by atoms with Gasteiger partial charge in [-0.2, -0.15) is 0 Å². The number of methoxy groups -OCH3 is 1. The van der Waals surface area contributed by atoms with Gasteiger partial charge < -0.3 is 23.1 Å². The topological polar surface area (TPSA) is 80.3 Å². The number of ether oxygens (including phenoxy) is 4. The van der Waals surface area contributed by atoms with E-state index in [-0.39, 0.29) is 0 Å². The number of benzene rings is 3. The van der Waals surface area contributed by atoms with E-state index in [1.807, 2.05) is 42.5 Å². The molecule has 0 unspecified atom stereocenters. The Labute approximate surface area is 252 Å². The van der Waals surface area contributed by atoms with Crippen LogP contribution in [0.15, 0.2) is 72.8 Å². The van der Waals surface area contributed by atoms with Crippen molar-refractivity contribution in [3.05, 3.63) is 89.5 Å². The Morgan fingerprint density at radius 1 is 0.667 bits per heavy atom. The maximum Gasteiger partial charge on any atom is 0.519 e. The highest BCUT2D eigenvalue weighted by Crippen LogP contribution is 2.27. The van der Waals surface area contributed by atoms with Crippen LogP contribution in [-0.2, 0) is 21.7 Å². The van der Waals surface area contributed by atoms with Crippen molar-refractivity contribution >= 4 is 28.9 Å². The fourth-order valence-corrected chi connectivity index (χ4v) is 13.9. The van der Waals surface area contributed by atoms with Crippen molar-refractivity contribution in [2.24, 2.45) is 0 Å². The van der Waals surface area contributed by atoms with Gasteiger partial charge in [0, 0.05) is 0 Å². The highest BCUT2D eigenvalue weighted by Gasteiger charge is 2.32. The van der Waals surface area contributed by atoms with Crippen molar-refractivity contribution in [2.75, 3.05) is 7.11 Å². The zero-order valence-corrected chi connectivity index (χ0v) is 27.7. The van der Waals surface area contributed by atoms with Gasteiger partial charge in [-0.3, -0.25) is 0 Å². The van der Waals surface area contributed by atoms with E-state index in [0.717, 1.165) is 35.6 Å². The van der Waals surface area contributed by atoms with E-state index < -0.39 is 28.9 Å². The Morgan fingerprint density at radius 3 is 1.74 bits per heavy atom. The molecule has 0 N–H and O–H groups in total. The summed E-state index contributed by atoms with van der Waals surface area (Å²) in [5.74, 6) is 1.34. The molecule has 0 radical (unpaired) electrons. The summed E-state index contributed by atoms with van der Waals surface area (Å²) in [6.07, 6.45) is 3.38. The van der Waals surface area contributed by atoms with Crippen molar-refractivity contribution in [2.45, 2.75) is 77.3 Å². The Balaban J connectivity index is 1.50. The summed E-state index contributed by atoms with van der Waals surface area (Å²) in [5, 5.41) is 0. The minimum atomic E-state index is -1.78. The summed E-state index contributed by atoms with van der Waals surface area (Å²) in [6, 6.07) is 24.4. The molecule has 9 heteroatoms. The Morgan fingerprint density at radius 2 is 1.19 bits per heavy atom. The highest BCUT2D eigenvalue weighted by atomic mass is 28.4. The van der Waals surface area contributed by atoms with Gasteiger partial charge in [-0.25, -0.2) is 9.59 Å². The number of carbonyl (C=O) groups is 2. The zero-order valence-electron chi connectivity index (χ0n) is 25.7. The molecule has 3 aromatic rings. The second-order valence-corrected chi connectivity index (χ2v) is 20.5. The van der Waals surface area contributed by atoms with Crippen molar-refractivity contribution < 1.29 is 32.7 Å². The first kappa shape index (κ1) is 33.1. The third-order valence-electron chi connectivity index (χ3n) is 6.90. The maximum atomic E-state index is 12.6. The molecule has 0 spiro atoms. The third kappa shape index (κ3) is 11.5. The van der Waals surface area contributed by atoms with Crippen LogP contribution in [0.4, 0.5) is 9.59 Å². The van der Waals surface area contributed by atoms with Gasteiger partial charge in [-0.1, -0.05) is 62.2 Å². The van der Waals surface area contributed by atoms with Crippen molar-refractivity contribution in [3.63, 3.8) is 0 Å². The van der Waals surface area contributed by atoms with Crippen LogP contribution in [0.25, 0.3) is 0 Å². The highest BCUT2D eigenvalue weighted by molar-refractivity contribution is 6.84. The van der Waals surface area contributed by atoms with Crippen LogP contribution in [0.2, 0.25) is 38.3 Å². The molecule has 0 fully saturated rings. The molecular formula is C33H44O7Si2. The molecule has 7 nitrogen and oxygen atoms in total. The molecule has 0 saturated carbocycles. The van der Waals surface area contributed by atoms with E-state index in [1.165, 1.54) is 26.0 Å². The van der Waals surface area contributed by atoms with Gasteiger partial charge in [0.15, 0.2) is 16.6 Å². The van der Waals surface area contributed by atoms with Crippen molar-refractivity contribution in [1.82, 2.24) is 0 Å². The van der Waals surface area contributed by atoms with E-state index in [0.29, 0.717) is 23.7 Å². The summed E-state index contributed by atoms with van der Waals surface area (Å²) in [7, 11) is -2.15. The molecule has 0 aromatic heterocycles. The Bertz CT molecular complexity index is 1290. The zero-order chi connectivity index (χ0) is 30.6. The average Bonchev–Trinajstić information content (AvgIpc) is 2.94. The van der Waals surface area contributed by atoms with Crippen LogP contribution in [0, 0.1) is 0 Å². The lowest BCUT2D eigenvalue weighted by Crippen LogP contribution is -2.44. The number of aryl methyl sites for hydroxylation is 1. The number of para-hydroxylation sites is 1. The van der Waals surface area contributed by atoms with Gasteiger partial charge in [0.05, 0.1) is 7.11 Å². The smallest absolute Gasteiger partial charge is 0.455 e. The average molecular weight is 609 g/mol. The normalized spacial score (nSPS) is 11.6. The number of rotatable bonds is 14. The minimum absolute atomic E-state index is 0.405.